The van der Waals surface area contributed by atoms with Gasteiger partial charge in [0, 0.05) is 31.5 Å². The average molecular weight is 260 g/mol. The molecule has 4 N–H and O–H groups in total. The lowest BCUT2D eigenvalue weighted by Gasteiger charge is -2.27. The molecular weight excluding hydrogens is 243 g/mol. The van der Waals surface area contributed by atoms with Crippen molar-refractivity contribution in [3.05, 3.63) is 18.0 Å². The Hall–Kier alpha value is -1.01. The van der Waals surface area contributed by atoms with Crippen molar-refractivity contribution < 1.29 is 14.4 Å². The molecule has 0 aliphatic rings. The average Bonchev–Trinajstić information content (AvgIpc) is 2.25. The zero-order valence-corrected chi connectivity index (χ0v) is 10.9. The molecule has 1 aromatic rings. The van der Waals surface area contributed by atoms with Crippen molar-refractivity contribution in [2.75, 3.05) is 12.4 Å². The van der Waals surface area contributed by atoms with Crippen LogP contribution in [0.15, 0.2) is 12.4 Å². The van der Waals surface area contributed by atoms with E-state index in [1.54, 1.807) is 19.4 Å². The summed E-state index contributed by atoms with van der Waals surface area (Å²) in [5, 5.41) is 4.30. The molecular formula is C9H17N4O3P. The zero-order valence-electron chi connectivity index (χ0n) is 10.0. The highest BCUT2D eigenvalue weighted by atomic mass is 31.2. The maximum absolute atomic E-state index is 11.2. The van der Waals surface area contributed by atoms with Crippen LogP contribution in [0.5, 0.6) is 0 Å². The molecule has 0 spiro atoms. The van der Waals surface area contributed by atoms with Gasteiger partial charge >= 0.3 is 7.60 Å². The molecule has 0 saturated carbocycles. The molecule has 17 heavy (non-hydrogen) atoms. The molecule has 0 aromatic carbocycles. The Morgan fingerprint density at radius 1 is 1.35 bits per heavy atom. The molecule has 0 fully saturated rings. The molecule has 7 nitrogen and oxygen atoms in total. The SMILES string of the molecule is CNc1ncc(CNC(C)(C)P(=O)(O)O)cn1. The van der Waals surface area contributed by atoms with Crippen LogP contribution in [0.1, 0.15) is 19.4 Å². The van der Waals surface area contributed by atoms with Crippen molar-refractivity contribution in [1.82, 2.24) is 15.3 Å². The molecule has 1 heterocycles. The normalized spacial score (nSPS) is 12.5. The highest BCUT2D eigenvalue weighted by Gasteiger charge is 2.36. The van der Waals surface area contributed by atoms with Crippen LogP contribution < -0.4 is 10.6 Å². The number of hydrogen-bond donors (Lipinski definition) is 4. The molecule has 0 saturated heterocycles. The van der Waals surface area contributed by atoms with Gasteiger partial charge in [-0.15, -0.1) is 0 Å². The maximum Gasteiger partial charge on any atom is 0.344 e. The lowest BCUT2D eigenvalue weighted by molar-refractivity contribution is 0.314. The van der Waals surface area contributed by atoms with Gasteiger partial charge in [0.25, 0.3) is 0 Å². The minimum atomic E-state index is -4.19. The Labute approximate surface area is 99.8 Å². The topological polar surface area (TPSA) is 107 Å². The Kier molecular flexibility index (Phi) is 4.21. The van der Waals surface area contributed by atoms with Gasteiger partial charge in [-0.3, -0.25) is 9.88 Å². The lowest BCUT2D eigenvalue weighted by Crippen LogP contribution is -2.38. The summed E-state index contributed by atoms with van der Waals surface area (Å²) in [4.78, 5) is 26.2. The third-order valence-corrected chi connectivity index (χ3v) is 4.00. The first-order chi connectivity index (χ1) is 7.76. The Morgan fingerprint density at radius 3 is 2.29 bits per heavy atom. The monoisotopic (exact) mass is 260 g/mol. The van der Waals surface area contributed by atoms with Crippen LogP contribution in [0, 0.1) is 0 Å². The van der Waals surface area contributed by atoms with Crippen LogP contribution in [-0.2, 0) is 11.1 Å². The largest absolute Gasteiger partial charge is 0.357 e. The fraction of sp³-hybridized carbons (Fsp3) is 0.556. The van der Waals surface area contributed by atoms with Crippen LogP contribution in [-0.4, -0.2) is 32.1 Å². The van der Waals surface area contributed by atoms with Gasteiger partial charge in [0.15, 0.2) is 0 Å². The van der Waals surface area contributed by atoms with Crippen molar-refractivity contribution >= 4 is 13.5 Å². The zero-order chi connectivity index (χ0) is 13.1. The van der Waals surface area contributed by atoms with E-state index in [-0.39, 0.29) is 0 Å². The van der Waals surface area contributed by atoms with Gasteiger partial charge in [-0.1, -0.05) is 0 Å². The van der Waals surface area contributed by atoms with E-state index in [0.717, 1.165) is 5.56 Å². The van der Waals surface area contributed by atoms with Gasteiger partial charge in [0.2, 0.25) is 5.95 Å². The lowest BCUT2D eigenvalue weighted by atomic mass is 10.3. The third kappa shape index (κ3) is 3.74. The van der Waals surface area contributed by atoms with Crippen molar-refractivity contribution in [2.45, 2.75) is 25.7 Å². The second kappa shape index (κ2) is 5.10. The first-order valence-electron chi connectivity index (χ1n) is 5.05. The molecule has 0 amide bonds. The molecule has 0 aliphatic heterocycles. The molecule has 96 valence electrons. The third-order valence-electron chi connectivity index (χ3n) is 2.38. The Balaban J connectivity index is 2.64. The minimum Gasteiger partial charge on any atom is -0.357 e. The van der Waals surface area contributed by atoms with Gasteiger partial charge in [0.1, 0.15) is 5.28 Å². The van der Waals surface area contributed by atoms with Crippen LogP contribution >= 0.6 is 7.60 Å². The summed E-state index contributed by atoms with van der Waals surface area (Å²) < 4.78 is 11.2. The van der Waals surface area contributed by atoms with E-state index < -0.39 is 12.9 Å². The van der Waals surface area contributed by atoms with Gasteiger partial charge in [-0.05, 0) is 13.8 Å². The molecule has 1 aromatic heterocycles. The second-order valence-electron chi connectivity index (χ2n) is 4.12. The number of aromatic nitrogens is 2. The van der Waals surface area contributed by atoms with E-state index in [9.17, 15) is 4.57 Å². The molecule has 1 rings (SSSR count). The second-order valence-corrected chi connectivity index (χ2v) is 6.33. The predicted octanol–water partition coefficient (Wildman–Crippen LogP) is 0.522. The highest BCUT2D eigenvalue weighted by molar-refractivity contribution is 7.53. The van der Waals surface area contributed by atoms with Crippen LogP contribution in [0.2, 0.25) is 0 Å². The smallest absolute Gasteiger partial charge is 0.344 e. The fourth-order valence-electron chi connectivity index (χ4n) is 0.997. The number of hydrogen-bond acceptors (Lipinski definition) is 5. The summed E-state index contributed by atoms with van der Waals surface area (Å²) in [7, 11) is -2.47. The minimum absolute atomic E-state index is 0.294. The van der Waals surface area contributed by atoms with Crippen molar-refractivity contribution in [3.63, 3.8) is 0 Å². The summed E-state index contributed by atoms with van der Waals surface area (Å²) in [6.45, 7) is 3.20. The summed E-state index contributed by atoms with van der Waals surface area (Å²) in [5.41, 5.74) is 0.755. The molecule has 0 aliphatic carbocycles. The van der Waals surface area contributed by atoms with Crippen molar-refractivity contribution in [2.24, 2.45) is 0 Å². The van der Waals surface area contributed by atoms with Crippen molar-refractivity contribution in [1.29, 1.82) is 0 Å². The van der Waals surface area contributed by atoms with Crippen molar-refractivity contribution in [3.8, 4) is 0 Å². The standard InChI is InChI=1S/C9H17N4O3P/c1-9(2,17(14,15)16)13-6-7-4-11-8(10-3)12-5-7/h4-5,13H,6H2,1-3H3,(H,10,11,12)(H2,14,15,16). The first kappa shape index (κ1) is 14.1. The van der Waals surface area contributed by atoms with Crippen LogP contribution in [0.25, 0.3) is 0 Å². The highest BCUT2D eigenvalue weighted by Crippen LogP contribution is 2.48. The quantitative estimate of drug-likeness (QED) is 0.572. The van der Waals surface area contributed by atoms with E-state index in [2.05, 4.69) is 20.6 Å². The molecule has 0 atom stereocenters. The van der Waals surface area contributed by atoms with E-state index in [1.165, 1.54) is 13.8 Å². The van der Waals surface area contributed by atoms with E-state index in [4.69, 9.17) is 9.79 Å². The van der Waals surface area contributed by atoms with Gasteiger partial charge in [-0.2, -0.15) is 0 Å². The molecule has 8 heteroatoms. The maximum atomic E-state index is 11.2. The fourth-order valence-corrected chi connectivity index (χ4v) is 1.28. The summed E-state index contributed by atoms with van der Waals surface area (Å²) in [5.74, 6) is 0.503. The number of nitrogens with zero attached hydrogens (tertiary/aromatic N) is 2. The molecule has 0 bridgehead atoms. The van der Waals surface area contributed by atoms with E-state index in [0.29, 0.717) is 12.5 Å². The first-order valence-corrected chi connectivity index (χ1v) is 6.67. The number of rotatable bonds is 5. The number of anilines is 1. The van der Waals surface area contributed by atoms with Gasteiger partial charge in [0.05, 0.1) is 0 Å². The Bertz CT molecular complexity index is 415. The van der Waals surface area contributed by atoms with Crippen LogP contribution in [0.4, 0.5) is 5.95 Å². The summed E-state index contributed by atoms with van der Waals surface area (Å²) >= 11 is 0. The number of nitrogens with one attached hydrogen (secondary N) is 2. The van der Waals surface area contributed by atoms with Gasteiger partial charge < -0.3 is 15.1 Å². The molecule has 0 unspecified atom stereocenters. The predicted molar refractivity (Wildman–Crippen MR) is 64.5 cm³/mol. The van der Waals surface area contributed by atoms with Crippen LogP contribution in [0.3, 0.4) is 0 Å². The Morgan fingerprint density at radius 2 is 1.88 bits per heavy atom. The van der Waals surface area contributed by atoms with Gasteiger partial charge in [-0.25, -0.2) is 9.97 Å². The summed E-state index contributed by atoms with van der Waals surface area (Å²) in [6.07, 6.45) is 3.20. The summed E-state index contributed by atoms with van der Waals surface area (Å²) in [6, 6.07) is 0. The van der Waals surface area contributed by atoms with E-state index in [1.807, 2.05) is 0 Å². The van der Waals surface area contributed by atoms with E-state index >= 15 is 0 Å². The molecule has 0 radical (unpaired) electrons.